The first kappa shape index (κ1) is 11.9. The predicted octanol–water partition coefficient (Wildman–Crippen LogP) is -0.324. The summed E-state index contributed by atoms with van der Waals surface area (Å²) in [7, 11) is 2.10. The second-order valence-corrected chi connectivity index (χ2v) is 4.62. The average molecular weight is 237 g/mol. The number of nitrogens with one attached hydrogen (secondary N) is 1. The van der Waals surface area contributed by atoms with Crippen molar-refractivity contribution in [3.8, 4) is 0 Å². The fraction of sp³-hybridized carbons (Fsp3) is 0.636. The zero-order valence-electron chi connectivity index (χ0n) is 10.1. The van der Waals surface area contributed by atoms with Crippen LogP contribution in [-0.4, -0.2) is 46.8 Å². The van der Waals surface area contributed by atoms with Crippen molar-refractivity contribution in [3.05, 3.63) is 12.4 Å². The van der Waals surface area contributed by atoms with Crippen molar-refractivity contribution in [2.24, 2.45) is 0 Å². The van der Waals surface area contributed by atoms with Crippen LogP contribution in [0.3, 0.4) is 0 Å². The number of nitrogen functional groups attached to an aromatic ring is 1. The van der Waals surface area contributed by atoms with Gasteiger partial charge in [-0.1, -0.05) is 0 Å². The molecule has 0 aliphatic carbocycles. The molecule has 0 unspecified atom stereocenters. The van der Waals surface area contributed by atoms with Gasteiger partial charge in [0.15, 0.2) is 0 Å². The number of likely N-dealkylation sites (tertiary alicyclic amines) is 1. The summed E-state index contributed by atoms with van der Waals surface area (Å²) in [5, 5.41) is 7.01. The van der Waals surface area contributed by atoms with Crippen LogP contribution >= 0.6 is 0 Å². The molecular weight excluding hydrogens is 218 g/mol. The third kappa shape index (κ3) is 3.45. The first-order chi connectivity index (χ1) is 8.13. The van der Waals surface area contributed by atoms with Crippen molar-refractivity contribution in [1.82, 2.24) is 20.0 Å². The van der Waals surface area contributed by atoms with E-state index in [-0.39, 0.29) is 12.5 Å². The molecule has 1 aromatic rings. The zero-order valence-corrected chi connectivity index (χ0v) is 10.1. The van der Waals surface area contributed by atoms with Crippen LogP contribution in [0.25, 0.3) is 0 Å². The summed E-state index contributed by atoms with van der Waals surface area (Å²) in [5.74, 6) is 0.00246. The molecule has 0 aromatic carbocycles. The van der Waals surface area contributed by atoms with Gasteiger partial charge < -0.3 is 16.0 Å². The number of piperidine rings is 1. The van der Waals surface area contributed by atoms with Gasteiger partial charge in [0.05, 0.1) is 11.9 Å². The van der Waals surface area contributed by atoms with Crippen LogP contribution in [-0.2, 0) is 11.3 Å². The Hall–Kier alpha value is -1.56. The lowest BCUT2D eigenvalue weighted by Gasteiger charge is -2.29. The molecule has 17 heavy (non-hydrogen) atoms. The monoisotopic (exact) mass is 237 g/mol. The molecule has 0 radical (unpaired) electrons. The van der Waals surface area contributed by atoms with E-state index in [1.165, 1.54) is 0 Å². The molecule has 0 spiro atoms. The number of rotatable bonds is 3. The third-order valence-electron chi connectivity index (χ3n) is 3.04. The number of hydrogen-bond donors (Lipinski definition) is 2. The van der Waals surface area contributed by atoms with Gasteiger partial charge in [-0.2, -0.15) is 5.10 Å². The van der Waals surface area contributed by atoms with E-state index in [0.29, 0.717) is 11.7 Å². The first-order valence-electron chi connectivity index (χ1n) is 5.89. The predicted molar refractivity (Wildman–Crippen MR) is 65.3 cm³/mol. The van der Waals surface area contributed by atoms with E-state index < -0.39 is 0 Å². The minimum Gasteiger partial charge on any atom is -0.396 e. The third-order valence-corrected chi connectivity index (χ3v) is 3.04. The molecule has 0 saturated carbocycles. The van der Waals surface area contributed by atoms with Crippen LogP contribution < -0.4 is 11.1 Å². The summed E-state index contributed by atoms with van der Waals surface area (Å²) >= 11 is 0. The molecule has 6 heteroatoms. The molecule has 0 atom stereocenters. The van der Waals surface area contributed by atoms with Crippen molar-refractivity contribution in [2.75, 3.05) is 25.9 Å². The van der Waals surface area contributed by atoms with Crippen LogP contribution in [0.15, 0.2) is 12.4 Å². The summed E-state index contributed by atoms with van der Waals surface area (Å²) in [6.45, 7) is 2.32. The van der Waals surface area contributed by atoms with Crippen LogP contribution in [0.2, 0.25) is 0 Å². The SMILES string of the molecule is CN1CCC(NC(=O)Cn2cc(N)cn2)CC1. The molecule has 0 bridgehead atoms. The van der Waals surface area contributed by atoms with Gasteiger partial charge in [0.25, 0.3) is 0 Å². The molecule has 1 saturated heterocycles. The molecule has 1 aliphatic rings. The van der Waals surface area contributed by atoms with E-state index in [2.05, 4.69) is 22.4 Å². The molecular formula is C11H19N5O. The van der Waals surface area contributed by atoms with E-state index in [1.54, 1.807) is 17.1 Å². The van der Waals surface area contributed by atoms with Crippen molar-refractivity contribution < 1.29 is 4.79 Å². The zero-order chi connectivity index (χ0) is 12.3. The molecule has 94 valence electrons. The number of amides is 1. The highest BCUT2D eigenvalue weighted by atomic mass is 16.2. The molecule has 2 rings (SSSR count). The van der Waals surface area contributed by atoms with E-state index in [4.69, 9.17) is 5.73 Å². The van der Waals surface area contributed by atoms with Crippen LogP contribution in [0, 0.1) is 0 Å². The highest BCUT2D eigenvalue weighted by molar-refractivity contribution is 5.76. The number of nitrogens with two attached hydrogens (primary N) is 1. The molecule has 1 amide bonds. The van der Waals surface area contributed by atoms with Crippen molar-refractivity contribution >= 4 is 11.6 Å². The normalized spacial score (nSPS) is 18.2. The maximum atomic E-state index is 11.7. The number of anilines is 1. The van der Waals surface area contributed by atoms with Crippen LogP contribution in [0.5, 0.6) is 0 Å². The Kier molecular flexibility index (Phi) is 3.63. The lowest BCUT2D eigenvalue weighted by atomic mass is 10.1. The van der Waals surface area contributed by atoms with E-state index >= 15 is 0 Å². The van der Waals surface area contributed by atoms with Crippen molar-refractivity contribution in [2.45, 2.75) is 25.4 Å². The number of hydrogen-bond acceptors (Lipinski definition) is 4. The van der Waals surface area contributed by atoms with E-state index in [9.17, 15) is 4.79 Å². The van der Waals surface area contributed by atoms with Gasteiger partial charge in [-0.3, -0.25) is 9.48 Å². The highest BCUT2D eigenvalue weighted by Gasteiger charge is 2.18. The van der Waals surface area contributed by atoms with Gasteiger partial charge in [0.2, 0.25) is 5.91 Å². The topological polar surface area (TPSA) is 76.2 Å². The Labute approximate surface area is 101 Å². The summed E-state index contributed by atoms with van der Waals surface area (Å²) in [6, 6.07) is 0.298. The number of aromatic nitrogens is 2. The molecule has 1 fully saturated rings. The molecule has 1 aliphatic heterocycles. The van der Waals surface area contributed by atoms with Gasteiger partial charge in [-0.05, 0) is 33.0 Å². The first-order valence-corrected chi connectivity index (χ1v) is 5.89. The molecule has 6 nitrogen and oxygen atoms in total. The Morgan fingerprint density at radius 1 is 1.59 bits per heavy atom. The van der Waals surface area contributed by atoms with Crippen molar-refractivity contribution in [1.29, 1.82) is 0 Å². The summed E-state index contributed by atoms with van der Waals surface area (Å²) in [4.78, 5) is 14.0. The Balaban J connectivity index is 1.77. The van der Waals surface area contributed by atoms with Gasteiger partial charge in [-0.15, -0.1) is 0 Å². The maximum Gasteiger partial charge on any atom is 0.241 e. The minimum atomic E-state index is 0.00246. The smallest absolute Gasteiger partial charge is 0.241 e. The van der Waals surface area contributed by atoms with Crippen molar-refractivity contribution in [3.63, 3.8) is 0 Å². The Bertz CT molecular complexity index is 381. The minimum absolute atomic E-state index is 0.00246. The second kappa shape index (κ2) is 5.18. The van der Waals surface area contributed by atoms with Crippen LogP contribution in [0.1, 0.15) is 12.8 Å². The summed E-state index contributed by atoms with van der Waals surface area (Å²) in [5.41, 5.74) is 6.11. The van der Waals surface area contributed by atoms with E-state index in [0.717, 1.165) is 25.9 Å². The lowest BCUT2D eigenvalue weighted by Crippen LogP contribution is -2.44. The number of carbonyl (C=O) groups excluding carboxylic acids is 1. The lowest BCUT2D eigenvalue weighted by molar-refractivity contribution is -0.122. The fourth-order valence-corrected chi connectivity index (χ4v) is 2.04. The second-order valence-electron chi connectivity index (χ2n) is 4.62. The highest BCUT2D eigenvalue weighted by Crippen LogP contribution is 2.08. The maximum absolute atomic E-state index is 11.7. The summed E-state index contributed by atoms with van der Waals surface area (Å²) < 4.78 is 1.56. The fourth-order valence-electron chi connectivity index (χ4n) is 2.04. The van der Waals surface area contributed by atoms with Gasteiger partial charge in [-0.25, -0.2) is 0 Å². The van der Waals surface area contributed by atoms with Crippen LogP contribution in [0.4, 0.5) is 5.69 Å². The number of nitrogens with zero attached hydrogens (tertiary/aromatic N) is 3. The summed E-state index contributed by atoms with van der Waals surface area (Å²) in [6.07, 6.45) is 5.24. The Morgan fingerprint density at radius 3 is 2.88 bits per heavy atom. The van der Waals surface area contributed by atoms with Gasteiger partial charge in [0.1, 0.15) is 6.54 Å². The molecule has 1 aromatic heterocycles. The number of carbonyl (C=O) groups is 1. The standard InChI is InChI=1S/C11H19N5O/c1-15-4-2-10(3-5-15)14-11(17)8-16-7-9(12)6-13-16/h6-7,10H,2-5,8,12H2,1H3,(H,14,17). The van der Waals surface area contributed by atoms with E-state index in [1.807, 2.05) is 0 Å². The van der Waals surface area contributed by atoms with Gasteiger partial charge in [0, 0.05) is 12.2 Å². The van der Waals surface area contributed by atoms with Gasteiger partial charge >= 0.3 is 0 Å². The molecule has 2 heterocycles. The largest absolute Gasteiger partial charge is 0.396 e. The molecule has 3 N–H and O–H groups in total. The Morgan fingerprint density at radius 2 is 2.29 bits per heavy atom. The average Bonchev–Trinajstić information content (AvgIpc) is 2.67. The quantitative estimate of drug-likeness (QED) is 0.755.